The zero-order valence-electron chi connectivity index (χ0n) is 12.4. The fourth-order valence-electron chi connectivity index (χ4n) is 3.94. The Hall–Kier alpha value is -2.20. The van der Waals surface area contributed by atoms with Crippen molar-refractivity contribution in [2.24, 2.45) is 5.92 Å². The van der Waals surface area contributed by atoms with Crippen LogP contribution in [0.3, 0.4) is 0 Å². The second kappa shape index (κ2) is 5.46. The summed E-state index contributed by atoms with van der Waals surface area (Å²) in [4.78, 5) is 13.2. The predicted octanol–water partition coefficient (Wildman–Crippen LogP) is 4.55. The first-order valence-corrected chi connectivity index (χ1v) is 8.13. The lowest BCUT2D eigenvalue weighted by Crippen LogP contribution is -2.36. The van der Waals surface area contributed by atoms with E-state index in [-0.39, 0.29) is 18.0 Å². The molecule has 1 amide bonds. The highest BCUT2D eigenvalue weighted by Crippen LogP contribution is 2.51. The number of halogens is 1. The van der Waals surface area contributed by atoms with Crippen molar-refractivity contribution in [2.45, 2.75) is 18.5 Å². The first-order valence-electron chi connectivity index (χ1n) is 7.75. The van der Waals surface area contributed by atoms with Crippen molar-refractivity contribution in [1.29, 1.82) is 0 Å². The molecule has 0 unspecified atom stereocenters. The fourth-order valence-corrected chi connectivity index (χ4v) is 4.07. The summed E-state index contributed by atoms with van der Waals surface area (Å²) in [5.74, 6) is 0.224. The van der Waals surface area contributed by atoms with Crippen molar-refractivity contribution in [2.75, 3.05) is 11.9 Å². The van der Waals surface area contributed by atoms with Crippen LogP contribution in [-0.2, 0) is 0 Å². The molecule has 118 valence electrons. The van der Waals surface area contributed by atoms with Gasteiger partial charge in [0.05, 0.1) is 12.1 Å². The van der Waals surface area contributed by atoms with Gasteiger partial charge < -0.3 is 15.3 Å². The number of hydrogen-bond acceptors (Lipinski definition) is 2. The van der Waals surface area contributed by atoms with Gasteiger partial charge in [-0.15, -0.1) is 0 Å². The molecule has 2 heterocycles. The highest BCUT2D eigenvalue weighted by atomic mass is 35.5. The van der Waals surface area contributed by atoms with Crippen LogP contribution < -0.4 is 5.32 Å². The van der Waals surface area contributed by atoms with Gasteiger partial charge in [0.15, 0.2) is 0 Å². The van der Waals surface area contributed by atoms with Crippen molar-refractivity contribution < 1.29 is 9.90 Å². The van der Waals surface area contributed by atoms with Gasteiger partial charge in [0.25, 0.3) is 0 Å². The Bertz CT molecular complexity index is 747. The molecule has 2 aliphatic heterocycles. The number of benzene rings is 2. The topological polar surface area (TPSA) is 52.6 Å². The maximum atomic E-state index is 11.6. The van der Waals surface area contributed by atoms with Crippen LogP contribution in [0.25, 0.3) is 0 Å². The van der Waals surface area contributed by atoms with E-state index < -0.39 is 6.09 Å². The Morgan fingerprint density at radius 2 is 1.91 bits per heavy atom. The molecular formula is C18H17ClN2O2. The van der Waals surface area contributed by atoms with Crippen LogP contribution in [0.2, 0.25) is 5.02 Å². The smallest absolute Gasteiger partial charge is 0.407 e. The van der Waals surface area contributed by atoms with Crippen LogP contribution in [0.1, 0.15) is 29.6 Å². The molecule has 2 aromatic carbocycles. The highest BCUT2D eigenvalue weighted by Gasteiger charge is 2.46. The predicted molar refractivity (Wildman–Crippen MR) is 89.8 cm³/mol. The largest absolute Gasteiger partial charge is 0.465 e. The molecule has 0 bridgehead atoms. The van der Waals surface area contributed by atoms with Crippen LogP contribution in [0.4, 0.5) is 10.5 Å². The molecule has 4 nitrogen and oxygen atoms in total. The summed E-state index contributed by atoms with van der Waals surface area (Å²) >= 11 is 6.00. The lowest BCUT2D eigenvalue weighted by atomic mass is 9.80. The zero-order chi connectivity index (χ0) is 16.0. The fraction of sp³-hybridized carbons (Fsp3) is 0.278. The zero-order valence-corrected chi connectivity index (χ0v) is 13.2. The summed E-state index contributed by atoms with van der Waals surface area (Å²) in [5, 5.41) is 13.9. The first kappa shape index (κ1) is 14.4. The van der Waals surface area contributed by atoms with Crippen LogP contribution in [0, 0.1) is 5.92 Å². The number of anilines is 1. The summed E-state index contributed by atoms with van der Waals surface area (Å²) in [6.45, 7) is 0.574. The minimum atomic E-state index is -0.843. The van der Waals surface area contributed by atoms with Gasteiger partial charge in [0.2, 0.25) is 0 Å². The van der Waals surface area contributed by atoms with E-state index in [9.17, 15) is 9.90 Å². The number of hydrogen-bond donors (Lipinski definition) is 2. The Morgan fingerprint density at radius 3 is 2.65 bits per heavy atom. The SMILES string of the molecule is O=C(O)N1CC[C@@H]2[C@H](c3ccc(Cl)cc3)Nc3ccccc3[C@@H]21. The molecule has 3 atom stereocenters. The van der Waals surface area contributed by atoms with E-state index in [0.29, 0.717) is 11.6 Å². The third kappa shape index (κ3) is 2.34. The van der Waals surface area contributed by atoms with E-state index >= 15 is 0 Å². The summed E-state index contributed by atoms with van der Waals surface area (Å²) in [6.07, 6.45) is 0.00931. The highest BCUT2D eigenvalue weighted by molar-refractivity contribution is 6.30. The molecule has 0 aromatic heterocycles. The molecule has 2 N–H and O–H groups in total. The number of rotatable bonds is 1. The number of fused-ring (bicyclic) bond motifs is 3. The van der Waals surface area contributed by atoms with Crippen LogP contribution in [0.15, 0.2) is 48.5 Å². The average molecular weight is 329 g/mol. The average Bonchev–Trinajstić information content (AvgIpc) is 3.00. The lowest BCUT2D eigenvalue weighted by Gasteiger charge is -2.39. The van der Waals surface area contributed by atoms with Crippen molar-refractivity contribution in [1.82, 2.24) is 4.90 Å². The Kier molecular flexibility index (Phi) is 3.42. The van der Waals surface area contributed by atoms with E-state index in [1.165, 1.54) is 0 Å². The Morgan fingerprint density at radius 1 is 1.17 bits per heavy atom. The molecule has 0 spiro atoms. The Balaban J connectivity index is 1.79. The molecule has 2 aliphatic rings. The van der Waals surface area contributed by atoms with Gasteiger partial charge in [-0.05, 0) is 35.7 Å². The number of likely N-dealkylation sites (tertiary alicyclic amines) is 1. The van der Waals surface area contributed by atoms with Crippen molar-refractivity contribution in [3.8, 4) is 0 Å². The molecular weight excluding hydrogens is 312 g/mol. The molecule has 1 saturated heterocycles. The number of carbonyl (C=O) groups is 1. The monoisotopic (exact) mass is 328 g/mol. The van der Waals surface area contributed by atoms with Crippen LogP contribution in [-0.4, -0.2) is 22.6 Å². The van der Waals surface area contributed by atoms with Crippen LogP contribution >= 0.6 is 11.6 Å². The van der Waals surface area contributed by atoms with E-state index in [1.807, 2.05) is 48.5 Å². The normalized spacial score (nSPS) is 25.4. The first-order chi connectivity index (χ1) is 11.1. The van der Waals surface area contributed by atoms with Crippen molar-refractivity contribution in [3.63, 3.8) is 0 Å². The van der Waals surface area contributed by atoms with E-state index in [0.717, 1.165) is 23.2 Å². The van der Waals surface area contributed by atoms with Gasteiger partial charge in [-0.1, -0.05) is 41.9 Å². The molecule has 0 saturated carbocycles. The Labute approximate surface area is 139 Å². The molecule has 23 heavy (non-hydrogen) atoms. The van der Waals surface area contributed by atoms with E-state index in [2.05, 4.69) is 5.32 Å². The minimum absolute atomic E-state index is 0.0920. The third-order valence-electron chi connectivity index (χ3n) is 4.94. The van der Waals surface area contributed by atoms with E-state index in [4.69, 9.17) is 11.6 Å². The van der Waals surface area contributed by atoms with Crippen molar-refractivity contribution >= 4 is 23.4 Å². The molecule has 0 radical (unpaired) electrons. The second-order valence-corrected chi connectivity index (χ2v) is 6.57. The number of para-hydroxylation sites is 1. The van der Waals surface area contributed by atoms with E-state index in [1.54, 1.807) is 4.90 Å². The van der Waals surface area contributed by atoms with Crippen molar-refractivity contribution in [3.05, 3.63) is 64.7 Å². The molecule has 1 fully saturated rings. The third-order valence-corrected chi connectivity index (χ3v) is 5.19. The molecule has 5 heteroatoms. The maximum absolute atomic E-state index is 11.6. The lowest BCUT2D eigenvalue weighted by molar-refractivity contribution is 0.132. The summed E-state index contributed by atoms with van der Waals surface area (Å²) < 4.78 is 0. The van der Waals surface area contributed by atoms with Gasteiger partial charge in [-0.3, -0.25) is 0 Å². The van der Waals surface area contributed by atoms with Crippen LogP contribution in [0.5, 0.6) is 0 Å². The second-order valence-electron chi connectivity index (χ2n) is 6.13. The summed E-state index contributed by atoms with van der Waals surface area (Å²) in [5.41, 5.74) is 3.23. The minimum Gasteiger partial charge on any atom is -0.465 e. The van der Waals surface area contributed by atoms with Gasteiger partial charge in [-0.2, -0.15) is 0 Å². The number of carboxylic acid groups (broad SMARTS) is 1. The standard InChI is InChI=1S/C18H17ClN2O2/c19-12-7-5-11(6-8-12)16-14-9-10-21(18(22)23)17(14)13-3-1-2-4-15(13)20-16/h1-8,14,16-17,20H,9-10H2,(H,22,23)/t14-,16+,17+/m1/s1. The maximum Gasteiger partial charge on any atom is 0.407 e. The molecule has 0 aliphatic carbocycles. The molecule has 2 aromatic rings. The van der Waals surface area contributed by atoms with Gasteiger partial charge in [0, 0.05) is 23.2 Å². The number of nitrogens with one attached hydrogen (secondary N) is 1. The summed E-state index contributed by atoms with van der Waals surface area (Å²) in [6, 6.07) is 15.8. The summed E-state index contributed by atoms with van der Waals surface area (Å²) in [7, 11) is 0. The van der Waals surface area contributed by atoms with Gasteiger partial charge in [-0.25, -0.2) is 4.79 Å². The van der Waals surface area contributed by atoms with Gasteiger partial charge >= 0.3 is 6.09 Å². The van der Waals surface area contributed by atoms with Gasteiger partial charge in [0.1, 0.15) is 0 Å². The molecule has 4 rings (SSSR count). The number of nitrogens with zero attached hydrogens (tertiary/aromatic N) is 1. The number of amides is 1. The quantitative estimate of drug-likeness (QED) is 0.807.